The summed E-state index contributed by atoms with van der Waals surface area (Å²) in [6.07, 6.45) is 2.17. The van der Waals surface area contributed by atoms with Crippen LogP contribution in [0, 0.1) is 0 Å². The van der Waals surface area contributed by atoms with Gasteiger partial charge >= 0.3 is 11.9 Å². The maximum Gasteiger partial charge on any atom is 0.317 e. The lowest BCUT2D eigenvalue weighted by Crippen LogP contribution is -2.44. The SMILES string of the molecule is CCCN(CCC)CCNC(=O)CN1CCN(CC(=O)O)CCN(CC(=O)O)CC1. The Kier molecular flexibility index (Phi) is 13.2. The molecule has 0 atom stereocenters. The standard InChI is InChI=1S/C20H39N5O5/c1-3-6-22(7-4-2)8-5-21-18(26)15-23-9-11-24(16-19(27)28)13-14-25(12-10-23)17-20(29)30/h3-17H2,1-2H3,(H,21,26)(H,27,28)(H,29,30). The summed E-state index contributed by atoms with van der Waals surface area (Å²) < 4.78 is 0. The third-order valence-electron chi connectivity index (χ3n) is 5.11. The molecule has 30 heavy (non-hydrogen) atoms. The van der Waals surface area contributed by atoms with Gasteiger partial charge in [0, 0.05) is 52.4 Å². The predicted octanol–water partition coefficient (Wildman–Crippen LogP) is -0.687. The molecule has 0 aromatic heterocycles. The van der Waals surface area contributed by atoms with Crippen molar-refractivity contribution in [2.75, 3.05) is 85.1 Å². The lowest BCUT2D eigenvalue weighted by molar-refractivity contribution is -0.140. The van der Waals surface area contributed by atoms with Crippen molar-refractivity contribution in [1.29, 1.82) is 0 Å². The van der Waals surface area contributed by atoms with Gasteiger partial charge in [0.1, 0.15) is 0 Å². The van der Waals surface area contributed by atoms with Crippen LogP contribution in [0.5, 0.6) is 0 Å². The highest BCUT2D eigenvalue weighted by Crippen LogP contribution is 2.01. The number of carboxylic acids is 2. The van der Waals surface area contributed by atoms with Gasteiger partial charge in [-0.25, -0.2) is 0 Å². The molecule has 0 radical (unpaired) electrons. The number of rotatable bonds is 13. The minimum absolute atomic E-state index is 0.0586. The molecule has 0 saturated carbocycles. The third kappa shape index (κ3) is 12.1. The highest BCUT2D eigenvalue weighted by molar-refractivity contribution is 5.78. The molecule has 10 nitrogen and oxygen atoms in total. The number of hydrogen-bond acceptors (Lipinski definition) is 7. The van der Waals surface area contributed by atoms with E-state index in [1.165, 1.54) is 0 Å². The Balaban J connectivity index is 2.56. The van der Waals surface area contributed by atoms with Crippen LogP contribution >= 0.6 is 0 Å². The normalized spacial score (nSPS) is 17.3. The number of carboxylic acid groups (broad SMARTS) is 2. The van der Waals surface area contributed by atoms with E-state index in [0.717, 1.165) is 32.5 Å². The van der Waals surface area contributed by atoms with Crippen LogP contribution in [0.2, 0.25) is 0 Å². The molecule has 0 aromatic carbocycles. The van der Waals surface area contributed by atoms with Gasteiger partial charge in [-0.1, -0.05) is 13.8 Å². The molecule has 0 aliphatic carbocycles. The van der Waals surface area contributed by atoms with Crippen LogP contribution in [0.1, 0.15) is 26.7 Å². The average Bonchev–Trinajstić information content (AvgIpc) is 2.74. The van der Waals surface area contributed by atoms with Crippen molar-refractivity contribution in [3.05, 3.63) is 0 Å². The van der Waals surface area contributed by atoms with E-state index in [2.05, 4.69) is 24.1 Å². The molecule has 1 aliphatic rings. The molecular formula is C20H39N5O5. The molecule has 1 rings (SSSR count). The van der Waals surface area contributed by atoms with Crippen LogP contribution in [-0.4, -0.2) is 133 Å². The molecule has 3 N–H and O–H groups in total. The van der Waals surface area contributed by atoms with E-state index in [1.807, 2.05) is 4.90 Å². The van der Waals surface area contributed by atoms with E-state index in [0.29, 0.717) is 45.8 Å². The molecule has 0 spiro atoms. The second-order valence-electron chi connectivity index (χ2n) is 7.81. The van der Waals surface area contributed by atoms with Crippen molar-refractivity contribution < 1.29 is 24.6 Å². The van der Waals surface area contributed by atoms with Gasteiger partial charge in [-0.2, -0.15) is 0 Å². The van der Waals surface area contributed by atoms with Crippen LogP contribution < -0.4 is 5.32 Å². The first-order valence-electron chi connectivity index (χ1n) is 10.9. The van der Waals surface area contributed by atoms with Crippen LogP contribution in [-0.2, 0) is 14.4 Å². The quantitative estimate of drug-likeness (QED) is 0.350. The lowest BCUT2D eigenvalue weighted by Gasteiger charge is -2.25. The minimum atomic E-state index is -0.910. The van der Waals surface area contributed by atoms with Gasteiger partial charge in [-0.15, -0.1) is 0 Å². The van der Waals surface area contributed by atoms with E-state index in [1.54, 1.807) is 9.80 Å². The van der Waals surface area contributed by atoms with Crippen LogP contribution in [0.4, 0.5) is 0 Å². The number of hydrogen-bond donors (Lipinski definition) is 3. The first-order chi connectivity index (χ1) is 14.3. The monoisotopic (exact) mass is 429 g/mol. The lowest BCUT2D eigenvalue weighted by atomic mass is 10.3. The average molecular weight is 430 g/mol. The highest BCUT2D eigenvalue weighted by atomic mass is 16.4. The van der Waals surface area contributed by atoms with E-state index in [9.17, 15) is 14.4 Å². The second-order valence-corrected chi connectivity index (χ2v) is 7.81. The summed E-state index contributed by atoms with van der Waals surface area (Å²) in [5, 5.41) is 21.2. The Labute approximate surface area is 179 Å². The number of carbonyl (C=O) groups is 3. The van der Waals surface area contributed by atoms with Gasteiger partial charge in [0.05, 0.1) is 19.6 Å². The zero-order valence-corrected chi connectivity index (χ0v) is 18.5. The summed E-state index contributed by atoms with van der Waals surface area (Å²) >= 11 is 0. The Hall–Kier alpha value is -1.75. The van der Waals surface area contributed by atoms with Gasteiger partial charge in [0.15, 0.2) is 0 Å². The molecule has 1 fully saturated rings. The predicted molar refractivity (Wildman–Crippen MR) is 115 cm³/mol. The van der Waals surface area contributed by atoms with Crippen molar-refractivity contribution in [3.8, 4) is 0 Å². The summed E-state index contributed by atoms with van der Waals surface area (Å²) in [6.45, 7) is 11.0. The Morgan fingerprint density at radius 2 is 1.13 bits per heavy atom. The fourth-order valence-corrected chi connectivity index (χ4v) is 3.62. The Bertz CT molecular complexity index is 500. The number of carbonyl (C=O) groups excluding carboxylic acids is 1. The smallest absolute Gasteiger partial charge is 0.317 e. The molecular weight excluding hydrogens is 390 g/mol. The maximum absolute atomic E-state index is 12.4. The summed E-state index contributed by atoms with van der Waals surface area (Å²) in [4.78, 5) is 42.5. The van der Waals surface area contributed by atoms with Crippen molar-refractivity contribution in [2.45, 2.75) is 26.7 Å². The number of amides is 1. The molecule has 0 unspecified atom stereocenters. The first-order valence-corrected chi connectivity index (χ1v) is 10.9. The first kappa shape index (κ1) is 26.3. The van der Waals surface area contributed by atoms with Crippen LogP contribution in [0.3, 0.4) is 0 Å². The fraction of sp³-hybridized carbons (Fsp3) is 0.850. The second kappa shape index (κ2) is 15.1. The molecule has 1 heterocycles. The van der Waals surface area contributed by atoms with E-state index >= 15 is 0 Å². The van der Waals surface area contributed by atoms with Gasteiger partial charge in [-0.3, -0.25) is 29.1 Å². The van der Waals surface area contributed by atoms with E-state index < -0.39 is 11.9 Å². The summed E-state index contributed by atoms with van der Waals surface area (Å²) in [7, 11) is 0. The van der Waals surface area contributed by atoms with Crippen molar-refractivity contribution >= 4 is 17.8 Å². The molecule has 1 saturated heterocycles. The fourth-order valence-electron chi connectivity index (χ4n) is 3.62. The molecule has 1 aliphatic heterocycles. The van der Waals surface area contributed by atoms with Gasteiger partial charge in [0.2, 0.25) is 5.91 Å². The van der Waals surface area contributed by atoms with Gasteiger partial charge in [0.25, 0.3) is 0 Å². The molecule has 1 amide bonds. The zero-order valence-electron chi connectivity index (χ0n) is 18.5. The molecule has 0 aromatic rings. The summed E-state index contributed by atoms with van der Waals surface area (Å²) in [5.41, 5.74) is 0. The highest BCUT2D eigenvalue weighted by Gasteiger charge is 2.20. The van der Waals surface area contributed by atoms with Crippen LogP contribution in [0.25, 0.3) is 0 Å². The van der Waals surface area contributed by atoms with Gasteiger partial charge in [-0.05, 0) is 25.9 Å². The zero-order chi connectivity index (χ0) is 22.4. The number of aliphatic carboxylic acids is 2. The van der Waals surface area contributed by atoms with E-state index in [-0.39, 0.29) is 25.5 Å². The third-order valence-corrected chi connectivity index (χ3v) is 5.11. The van der Waals surface area contributed by atoms with Crippen LogP contribution in [0.15, 0.2) is 0 Å². The van der Waals surface area contributed by atoms with E-state index in [4.69, 9.17) is 10.2 Å². The topological polar surface area (TPSA) is 117 Å². The van der Waals surface area contributed by atoms with Crippen molar-refractivity contribution in [2.24, 2.45) is 0 Å². The van der Waals surface area contributed by atoms with Gasteiger partial charge < -0.3 is 20.4 Å². The summed E-state index contributed by atoms with van der Waals surface area (Å²) in [6, 6.07) is 0. The number of nitrogens with zero attached hydrogens (tertiary/aromatic N) is 4. The van der Waals surface area contributed by atoms with Crippen molar-refractivity contribution in [3.63, 3.8) is 0 Å². The van der Waals surface area contributed by atoms with Crippen molar-refractivity contribution in [1.82, 2.24) is 24.9 Å². The molecule has 0 bridgehead atoms. The Morgan fingerprint density at radius 1 is 0.733 bits per heavy atom. The maximum atomic E-state index is 12.4. The molecule has 174 valence electrons. The Morgan fingerprint density at radius 3 is 1.50 bits per heavy atom. The molecule has 10 heteroatoms. The summed E-state index contributed by atoms with van der Waals surface area (Å²) in [5.74, 6) is -1.88. The largest absolute Gasteiger partial charge is 0.480 e. The minimum Gasteiger partial charge on any atom is -0.480 e. The number of nitrogens with one attached hydrogen (secondary N) is 1.